The van der Waals surface area contributed by atoms with Gasteiger partial charge in [0.05, 0.1) is 13.7 Å². The maximum Gasteiger partial charge on any atom is 0.331 e. The molecule has 0 aromatic heterocycles. The lowest BCUT2D eigenvalue weighted by atomic mass is 10.0. The number of carbonyl (C=O) groups excluding carboxylic acids is 3. The highest BCUT2D eigenvalue weighted by atomic mass is 16.5. The number of benzene rings is 2. The van der Waals surface area contributed by atoms with Gasteiger partial charge in [-0.2, -0.15) is 0 Å². The molecule has 3 rings (SSSR count). The average Bonchev–Trinajstić information content (AvgIpc) is 2.65. The van der Waals surface area contributed by atoms with E-state index >= 15 is 0 Å². The summed E-state index contributed by atoms with van der Waals surface area (Å²) in [6.07, 6.45) is 1.52. The van der Waals surface area contributed by atoms with Gasteiger partial charge in [0.15, 0.2) is 0 Å². The van der Waals surface area contributed by atoms with Gasteiger partial charge in [-0.15, -0.1) is 0 Å². The van der Waals surface area contributed by atoms with Gasteiger partial charge in [0.1, 0.15) is 11.3 Å². The van der Waals surface area contributed by atoms with Gasteiger partial charge in [-0.05, 0) is 54.3 Å². The highest BCUT2D eigenvalue weighted by molar-refractivity contribution is 6.31. The largest absolute Gasteiger partial charge is 0.496 e. The quantitative estimate of drug-likeness (QED) is 0.668. The summed E-state index contributed by atoms with van der Waals surface area (Å²) in [4.78, 5) is 38.3. The van der Waals surface area contributed by atoms with Gasteiger partial charge in [-0.1, -0.05) is 30.3 Å². The van der Waals surface area contributed by atoms with E-state index in [9.17, 15) is 14.4 Å². The molecule has 2 aromatic rings. The maximum atomic E-state index is 12.8. The summed E-state index contributed by atoms with van der Waals surface area (Å²) in [6.45, 7) is 3.84. The third kappa shape index (κ3) is 3.74. The molecule has 0 saturated carbocycles. The van der Waals surface area contributed by atoms with Crippen molar-refractivity contribution in [2.75, 3.05) is 7.11 Å². The number of aryl methyl sites for hydroxylation is 2. The van der Waals surface area contributed by atoms with Gasteiger partial charge >= 0.3 is 6.03 Å². The number of imide groups is 2. The molecule has 1 aliphatic heterocycles. The van der Waals surface area contributed by atoms with E-state index in [0.29, 0.717) is 0 Å². The summed E-state index contributed by atoms with van der Waals surface area (Å²) in [5, 5.41) is 2.24. The standard InChI is InChI=1S/C21H20N2O4/c1-13-10-18(27-3)14(2)9-16(13)11-17-19(24)22-21(26)23(20(17)25)12-15-7-5-4-6-8-15/h4-11H,12H2,1-3H3,(H,22,24,26). The molecule has 1 N–H and O–H groups in total. The van der Waals surface area contributed by atoms with E-state index in [1.54, 1.807) is 7.11 Å². The van der Waals surface area contributed by atoms with Crippen molar-refractivity contribution in [2.45, 2.75) is 20.4 Å². The molecule has 0 bridgehead atoms. The minimum atomic E-state index is -0.714. The fraction of sp³-hybridized carbons (Fsp3) is 0.190. The third-order valence-electron chi connectivity index (χ3n) is 4.45. The number of hydrogen-bond donors (Lipinski definition) is 1. The first-order chi connectivity index (χ1) is 12.9. The van der Waals surface area contributed by atoms with Crippen LogP contribution in [0, 0.1) is 13.8 Å². The Morgan fingerprint density at radius 2 is 1.74 bits per heavy atom. The first kappa shape index (κ1) is 18.4. The Morgan fingerprint density at radius 3 is 2.41 bits per heavy atom. The molecule has 1 saturated heterocycles. The molecule has 1 aliphatic rings. The van der Waals surface area contributed by atoms with Crippen LogP contribution in [0.1, 0.15) is 22.3 Å². The van der Waals surface area contributed by atoms with Crippen molar-refractivity contribution in [2.24, 2.45) is 0 Å². The predicted octanol–water partition coefficient (Wildman–Crippen LogP) is 2.97. The second-order valence-electron chi connectivity index (χ2n) is 6.37. The van der Waals surface area contributed by atoms with Gasteiger partial charge in [-0.25, -0.2) is 4.79 Å². The number of ether oxygens (including phenoxy) is 1. The van der Waals surface area contributed by atoms with E-state index in [2.05, 4.69) is 5.32 Å². The van der Waals surface area contributed by atoms with Gasteiger partial charge in [-0.3, -0.25) is 19.8 Å². The number of barbiturate groups is 1. The molecule has 138 valence electrons. The Kier molecular flexibility index (Phi) is 5.07. The number of urea groups is 1. The van der Waals surface area contributed by atoms with Crippen molar-refractivity contribution in [1.29, 1.82) is 0 Å². The number of nitrogens with zero attached hydrogens (tertiary/aromatic N) is 1. The van der Waals surface area contributed by atoms with Crippen molar-refractivity contribution >= 4 is 23.9 Å². The third-order valence-corrected chi connectivity index (χ3v) is 4.45. The van der Waals surface area contributed by atoms with E-state index in [0.717, 1.165) is 32.9 Å². The van der Waals surface area contributed by atoms with Crippen molar-refractivity contribution in [3.8, 4) is 5.75 Å². The SMILES string of the molecule is COc1cc(C)c(C=C2C(=O)NC(=O)N(Cc3ccccc3)C2=O)cc1C. The van der Waals surface area contributed by atoms with Crippen LogP contribution in [0.15, 0.2) is 48.0 Å². The number of rotatable bonds is 4. The van der Waals surface area contributed by atoms with Gasteiger partial charge in [0, 0.05) is 0 Å². The van der Waals surface area contributed by atoms with Crippen molar-refractivity contribution in [3.05, 3.63) is 70.3 Å². The van der Waals surface area contributed by atoms with Crippen LogP contribution >= 0.6 is 0 Å². The average molecular weight is 364 g/mol. The Hall–Kier alpha value is -3.41. The molecule has 0 radical (unpaired) electrons. The van der Waals surface area contributed by atoms with Crippen molar-refractivity contribution < 1.29 is 19.1 Å². The fourth-order valence-electron chi connectivity index (χ4n) is 2.95. The second kappa shape index (κ2) is 7.45. The van der Waals surface area contributed by atoms with Crippen LogP contribution in [0.3, 0.4) is 0 Å². The number of hydrogen-bond acceptors (Lipinski definition) is 4. The maximum absolute atomic E-state index is 12.8. The summed E-state index contributed by atoms with van der Waals surface area (Å²) in [6, 6.07) is 12.1. The van der Waals surface area contributed by atoms with Crippen molar-refractivity contribution in [1.82, 2.24) is 10.2 Å². The van der Waals surface area contributed by atoms with Crippen LogP contribution in [0.5, 0.6) is 5.75 Å². The molecule has 0 unspecified atom stereocenters. The Balaban J connectivity index is 1.96. The molecule has 1 fully saturated rings. The monoisotopic (exact) mass is 364 g/mol. The lowest BCUT2D eigenvalue weighted by Crippen LogP contribution is -2.53. The summed E-state index contributed by atoms with van der Waals surface area (Å²) < 4.78 is 5.29. The van der Waals surface area contributed by atoms with E-state index in [1.165, 1.54) is 6.08 Å². The van der Waals surface area contributed by atoms with Crippen LogP contribution in [-0.2, 0) is 16.1 Å². The topological polar surface area (TPSA) is 75.7 Å². The summed E-state index contributed by atoms with van der Waals surface area (Å²) in [5.41, 5.74) is 3.19. The lowest BCUT2D eigenvalue weighted by molar-refractivity contribution is -0.130. The Labute approximate surface area is 157 Å². The highest BCUT2D eigenvalue weighted by Crippen LogP contribution is 2.25. The Bertz CT molecular complexity index is 948. The molecule has 0 aliphatic carbocycles. The van der Waals surface area contributed by atoms with Crippen LogP contribution in [-0.4, -0.2) is 29.9 Å². The number of nitrogens with one attached hydrogen (secondary N) is 1. The molecule has 6 nitrogen and oxygen atoms in total. The zero-order chi connectivity index (χ0) is 19.6. The molecule has 2 aromatic carbocycles. The Morgan fingerprint density at radius 1 is 1.04 bits per heavy atom. The molecule has 4 amide bonds. The van der Waals surface area contributed by atoms with Crippen molar-refractivity contribution in [3.63, 3.8) is 0 Å². The lowest BCUT2D eigenvalue weighted by Gasteiger charge is -2.26. The first-order valence-corrected chi connectivity index (χ1v) is 8.48. The van der Waals surface area contributed by atoms with Crippen LogP contribution < -0.4 is 10.1 Å². The predicted molar refractivity (Wildman–Crippen MR) is 101 cm³/mol. The summed E-state index contributed by atoms with van der Waals surface area (Å²) in [7, 11) is 1.59. The van der Waals surface area contributed by atoms with Gasteiger partial charge < -0.3 is 4.74 Å². The molecular weight excluding hydrogens is 344 g/mol. The highest BCUT2D eigenvalue weighted by Gasteiger charge is 2.35. The summed E-state index contributed by atoms with van der Waals surface area (Å²) in [5.74, 6) is -0.572. The molecule has 0 spiro atoms. The van der Waals surface area contributed by atoms with Gasteiger partial charge in [0.2, 0.25) is 0 Å². The molecule has 6 heteroatoms. The second-order valence-corrected chi connectivity index (χ2v) is 6.37. The molecule has 0 atom stereocenters. The normalized spacial score (nSPS) is 15.9. The number of amides is 4. The van der Waals surface area contributed by atoms with Gasteiger partial charge in [0.25, 0.3) is 11.8 Å². The number of carbonyl (C=O) groups is 3. The number of methoxy groups -OCH3 is 1. The minimum Gasteiger partial charge on any atom is -0.496 e. The zero-order valence-corrected chi connectivity index (χ0v) is 15.4. The molecule has 1 heterocycles. The first-order valence-electron chi connectivity index (χ1n) is 8.48. The van der Waals surface area contributed by atoms with E-state index in [1.807, 2.05) is 56.3 Å². The van der Waals surface area contributed by atoms with E-state index < -0.39 is 17.8 Å². The molecular formula is C21H20N2O4. The van der Waals surface area contributed by atoms with Crippen LogP contribution in [0.2, 0.25) is 0 Å². The fourth-order valence-corrected chi connectivity index (χ4v) is 2.95. The minimum absolute atomic E-state index is 0.0711. The zero-order valence-electron chi connectivity index (χ0n) is 15.4. The van der Waals surface area contributed by atoms with E-state index in [4.69, 9.17) is 4.74 Å². The smallest absolute Gasteiger partial charge is 0.331 e. The van der Waals surface area contributed by atoms with E-state index in [-0.39, 0.29) is 12.1 Å². The summed E-state index contributed by atoms with van der Waals surface area (Å²) >= 11 is 0. The van der Waals surface area contributed by atoms with Crippen LogP contribution in [0.4, 0.5) is 4.79 Å². The van der Waals surface area contributed by atoms with Crippen LogP contribution in [0.25, 0.3) is 6.08 Å². The molecule has 27 heavy (non-hydrogen) atoms.